The number of carboxylic acids is 2. The number of aliphatic carboxylic acids is 2. The fraction of sp³-hybridized carbons (Fsp3) is 0.529. The van der Waals surface area contributed by atoms with Gasteiger partial charge in [-0.05, 0) is 69.5 Å². The molecule has 0 aliphatic carbocycles. The molecule has 6 N–H and O–H groups in total. The number of anilines is 1. The summed E-state index contributed by atoms with van der Waals surface area (Å²) in [6.07, 6.45) is -5.41. The second kappa shape index (κ2) is 22.4. The highest BCUT2D eigenvalue weighted by Gasteiger charge is 2.39. The molecule has 12 nitrogen and oxygen atoms in total. The van der Waals surface area contributed by atoms with Crippen LogP contribution in [0.15, 0.2) is 30.3 Å². The molecule has 1 aliphatic rings. The van der Waals surface area contributed by atoms with Crippen molar-refractivity contribution in [1.29, 1.82) is 0 Å². The topological polar surface area (TPSA) is 178 Å². The molecule has 0 fully saturated rings. The number of hydrogen-bond acceptors (Lipinski definition) is 8. The lowest BCUT2D eigenvalue weighted by Crippen LogP contribution is -2.43. The molecule has 298 valence electrons. The number of carbonyl (C=O) groups is 4. The average molecular weight is 771 g/mol. The molecule has 0 spiro atoms. The number of amides is 2. The molecular formula is C34H45F7N4O8. The summed E-state index contributed by atoms with van der Waals surface area (Å²) in [6, 6.07) is 8.66. The molecule has 0 saturated carbocycles. The number of aromatic hydroxyl groups is 1. The van der Waals surface area contributed by atoms with Gasteiger partial charge in [-0.15, -0.1) is 0 Å². The first kappa shape index (κ1) is 46.4. The number of ether oxygens (including phenoxy) is 1. The fourth-order valence-electron chi connectivity index (χ4n) is 4.79. The van der Waals surface area contributed by atoms with E-state index < -0.39 is 24.3 Å². The minimum Gasteiger partial charge on any atom is -0.506 e. The summed E-state index contributed by atoms with van der Waals surface area (Å²) in [6.45, 7) is 9.24. The predicted molar refractivity (Wildman–Crippen MR) is 179 cm³/mol. The largest absolute Gasteiger partial charge is 0.506 e. The smallest absolute Gasteiger partial charge is 0.490 e. The molecule has 0 saturated heterocycles. The number of nitrogens with one attached hydrogen (secondary N) is 3. The first-order valence-electron chi connectivity index (χ1n) is 16.5. The highest BCUT2D eigenvalue weighted by atomic mass is 19.4. The Kier molecular flexibility index (Phi) is 19.6. The number of nitrogens with zero attached hydrogens (tertiary/aromatic N) is 1. The Balaban J connectivity index is 0.000000845. The maximum atomic E-state index is 14.0. The van der Waals surface area contributed by atoms with Crippen molar-refractivity contribution in [3.63, 3.8) is 0 Å². The zero-order valence-corrected chi connectivity index (χ0v) is 29.4. The van der Waals surface area contributed by atoms with Gasteiger partial charge in [0, 0.05) is 32.1 Å². The summed E-state index contributed by atoms with van der Waals surface area (Å²) >= 11 is 0. The number of phenolic OH excluding ortho intramolecular Hbond substituents is 1. The van der Waals surface area contributed by atoms with E-state index in [0.717, 1.165) is 30.4 Å². The first-order valence-corrected chi connectivity index (χ1v) is 16.5. The number of halogens is 7. The van der Waals surface area contributed by atoms with E-state index in [0.29, 0.717) is 69.0 Å². The van der Waals surface area contributed by atoms with Crippen LogP contribution in [0.3, 0.4) is 0 Å². The molecule has 2 aromatic carbocycles. The van der Waals surface area contributed by atoms with Crippen molar-refractivity contribution in [2.75, 3.05) is 44.6 Å². The summed E-state index contributed by atoms with van der Waals surface area (Å²) in [5.41, 5.74) is 2.95. The minimum absolute atomic E-state index is 0.0122. The molecule has 0 unspecified atom stereocenters. The Bertz CT molecular complexity index is 1480. The Morgan fingerprint density at radius 2 is 1.49 bits per heavy atom. The number of unbranched alkanes of at least 4 members (excludes halogenated alkanes) is 1. The van der Waals surface area contributed by atoms with Crippen LogP contribution in [0.25, 0.3) is 0 Å². The molecule has 1 atom stereocenters. The van der Waals surface area contributed by atoms with Crippen molar-refractivity contribution < 1.29 is 70.0 Å². The minimum atomic E-state index is -5.08. The zero-order chi connectivity index (χ0) is 40.4. The van der Waals surface area contributed by atoms with Gasteiger partial charge >= 0.3 is 24.3 Å². The lowest BCUT2D eigenvalue weighted by Gasteiger charge is -2.30. The van der Waals surface area contributed by atoms with Crippen LogP contribution in [-0.4, -0.2) is 102 Å². The van der Waals surface area contributed by atoms with Gasteiger partial charge in [-0.3, -0.25) is 9.59 Å². The van der Waals surface area contributed by atoms with Crippen LogP contribution < -0.4 is 20.7 Å². The zero-order valence-electron chi connectivity index (χ0n) is 29.4. The third-order valence-electron chi connectivity index (χ3n) is 7.53. The third-order valence-corrected chi connectivity index (χ3v) is 7.53. The lowest BCUT2D eigenvalue weighted by atomic mass is 10.1. The summed E-state index contributed by atoms with van der Waals surface area (Å²) in [5.74, 6) is -5.37. The molecule has 19 heteroatoms. The van der Waals surface area contributed by atoms with Crippen molar-refractivity contribution in [2.24, 2.45) is 0 Å². The summed E-state index contributed by atoms with van der Waals surface area (Å²) in [7, 11) is 0. The molecule has 2 aromatic rings. The molecule has 2 amide bonds. The number of alkyl halides is 6. The van der Waals surface area contributed by atoms with E-state index >= 15 is 0 Å². The van der Waals surface area contributed by atoms with E-state index in [9.17, 15) is 45.4 Å². The fourth-order valence-corrected chi connectivity index (χ4v) is 4.79. The van der Waals surface area contributed by atoms with Crippen LogP contribution in [0.4, 0.5) is 36.4 Å². The SMILES string of the molecule is CCCC[C@@H](C)N(CCNCCc1ccc(O)c2c1OCC(=O)N2)C(=O)CCNCCc1cc(C)ccc1F.O=C(O)C(F)(F)F.O=C(O)C(F)(F)F. The predicted octanol–water partition coefficient (Wildman–Crippen LogP) is 5.20. The molecule has 53 heavy (non-hydrogen) atoms. The third kappa shape index (κ3) is 17.6. The number of phenols is 1. The molecule has 1 heterocycles. The standard InChI is InChI=1S/C30H43FN4O4.2C2HF3O2/c1-4-5-6-22(3)35(28(38)13-16-32-15-12-24-19-21(2)7-9-25(24)31)18-17-33-14-11-23-8-10-26(36)29-30(23)39-20-27(37)34-29;2*3-2(4,5)1(6)7/h7-10,19,22,32-33,36H,4-6,11-18,20H2,1-3H3,(H,34,37);2*(H,6,7)/t22-;;/m1../s1. The second-order valence-corrected chi connectivity index (χ2v) is 11.8. The van der Waals surface area contributed by atoms with Crippen molar-refractivity contribution in [3.8, 4) is 11.5 Å². The van der Waals surface area contributed by atoms with E-state index in [-0.39, 0.29) is 36.0 Å². The van der Waals surface area contributed by atoms with E-state index in [1.165, 1.54) is 6.07 Å². The number of aryl methyl sites for hydroxylation is 1. The van der Waals surface area contributed by atoms with E-state index in [1.54, 1.807) is 18.2 Å². The summed E-state index contributed by atoms with van der Waals surface area (Å²) < 4.78 is 83.0. The van der Waals surface area contributed by atoms with Crippen molar-refractivity contribution >= 4 is 29.4 Å². The van der Waals surface area contributed by atoms with Crippen LogP contribution in [0.5, 0.6) is 11.5 Å². The Hall–Kier alpha value is -4.65. The maximum absolute atomic E-state index is 14.0. The van der Waals surface area contributed by atoms with Crippen LogP contribution in [-0.2, 0) is 32.0 Å². The highest BCUT2D eigenvalue weighted by molar-refractivity contribution is 5.97. The molecule has 3 rings (SSSR count). The Morgan fingerprint density at radius 1 is 0.925 bits per heavy atom. The van der Waals surface area contributed by atoms with Gasteiger partial charge in [-0.2, -0.15) is 26.3 Å². The quantitative estimate of drug-likeness (QED) is 0.0756. The normalized spacial score (nSPS) is 12.8. The number of rotatable bonds is 16. The van der Waals surface area contributed by atoms with Crippen LogP contribution in [0.1, 0.15) is 56.2 Å². The first-order chi connectivity index (χ1) is 24.7. The molecule has 0 bridgehead atoms. The van der Waals surface area contributed by atoms with Crippen LogP contribution in [0, 0.1) is 12.7 Å². The number of hydrogen-bond donors (Lipinski definition) is 6. The monoisotopic (exact) mass is 770 g/mol. The highest BCUT2D eigenvalue weighted by Crippen LogP contribution is 2.39. The maximum Gasteiger partial charge on any atom is 0.490 e. The Labute approximate surface area is 301 Å². The number of carboxylic acid groups (broad SMARTS) is 2. The van der Waals surface area contributed by atoms with Gasteiger partial charge in [-0.25, -0.2) is 14.0 Å². The van der Waals surface area contributed by atoms with Crippen molar-refractivity contribution in [1.82, 2.24) is 15.5 Å². The van der Waals surface area contributed by atoms with E-state index in [2.05, 4.69) is 29.8 Å². The van der Waals surface area contributed by atoms with Crippen molar-refractivity contribution in [2.45, 2.75) is 77.7 Å². The van der Waals surface area contributed by atoms with Crippen molar-refractivity contribution in [3.05, 3.63) is 52.8 Å². The molecular weight excluding hydrogens is 725 g/mol. The number of carbonyl (C=O) groups excluding carboxylic acids is 2. The van der Waals surface area contributed by atoms with Gasteiger partial charge in [0.15, 0.2) is 12.4 Å². The van der Waals surface area contributed by atoms with Gasteiger partial charge in [0.2, 0.25) is 5.91 Å². The van der Waals surface area contributed by atoms with E-state index in [1.807, 2.05) is 17.9 Å². The van der Waals surface area contributed by atoms with Crippen LogP contribution >= 0.6 is 0 Å². The Morgan fingerprint density at radius 3 is 2.06 bits per heavy atom. The van der Waals surface area contributed by atoms with Gasteiger partial charge in [0.05, 0.1) is 0 Å². The lowest BCUT2D eigenvalue weighted by molar-refractivity contribution is -0.193. The van der Waals surface area contributed by atoms with Gasteiger partial charge in [-0.1, -0.05) is 43.5 Å². The number of fused-ring (bicyclic) bond motifs is 1. The van der Waals surface area contributed by atoms with Crippen LogP contribution in [0.2, 0.25) is 0 Å². The molecule has 0 radical (unpaired) electrons. The van der Waals surface area contributed by atoms with Gasteiger partial charge < -0.3 is 40.9 Å². The molecule has 1 aliphatic heterocycles. The summed E-state index contributed by atoms with van der Waals surface area (Å²) in [4.78, 5) is 44.5. The number of benzene rings is 2. The van der Waals surface area contributed by atoms with Gasteiger partial charge in [0.1, 0.15) is 17.3 Å². The van der Waals surface area contributed by atoms with E-state index in [4.69, 9.17) is 24.5 Å². The molecule has 0 aromatic heterocycles. The van der Waals surface area contributed by atoms with Gasteiger partial charge in [0.25, 0.3) is 5.91 Å². The summed E-state index contributed by atoms with van der Waals surface area (Å²) in [5, 5.41) is 33.6. The average Bonchev–Trinajstić information content (AvgIpc) is 3.07. The second-order valence-electron chi connectivity index (χ2n) is 11.8.